The molecule has 3 rings (SSSR count). The molecule has 3 nitrogen and oxygen atoms in total. The SMILES string of the molecule is Clc1cccc(OCc2csc(-c3ccco3)n2)c1Cl. The van der Waals surface area contributed by atoms with Crippen molar-refractivity contribution in [3.63, 3.8) is 0 Å². The van der Waals surface area contributed by atoms with Gasteiger partial charge in [0, 0.05) is 5.38 Å². The van der Waals surface area contributed by atoms with Crippen LogP contribution in [-0.2, 0) is 6.61 Å². The van der Waals surface area contributed by atoms with E-state index < -0.39 is 0 Å². The summed E-state index contributed by atoms with van der Waals surface area (Å²) in [5.74, 6) is 1.30. The summed E-state index contributed by atoms with van der Waals surface area (Å²) in [5, 5.41) is 3.64. The normalized spacial score (nSPS) is 10.7. The molecule has 0 saturated heterocycles. The van der Waals surface area contributed by atoms with Crippen molar-refractivity contribution < 1.29 is 9.15 Å². The number of ether oxygens (including phenoxy) is 1. The fourth-order valence-corrected chi connectivity index (χ4v) is 2.75. The van der Waals surface area contributed by atoms with Crippen LogP contribution in [0.3, 0.4) is 0 Å². The van der Waals surface area contributed by atoms with Crippen LogP contribution in [0.25, 0.3) is 10.8 Å². The Hall–Kier alpha value is -1.49. The maximum atomic E-state index is 6.06. The highest BCUT2D eigenvalue weighted by Gasteiger charge is 2.09. The quantitative estimate of drug-likeness (QED) is 0.653. The molecular weight excluding hydrogens is 317 g/mol. The highest BCUT2D eigenvalue weighted by molar-refractivity contribution is 7.13. The molecule has 1 aromatic carbocycles. The summed E-state index contributed by atoms with van der Waals surface area (Å²) in [4.78, 5) is 4.44. The topological polar surface area (TPSA) is 35.3 Å². The third kappa shape index (κ3) is 2.82. The predicted octanol–water partition coefficient (Wildman–Crippen LogP) is 5.29. The first-order chi connectivity index (χ1) is 9.74. The smallest absolute Gasteiger partial charge is 0.162 e. The molecule has 0 aliphatic heterocycles. The largest absolute Gasteiger partial charge is 0.486 e. The Morgan fingerprint density at radius 2 is 2.10 bits per heavy atom. The molecule has 2 aromatic heterocycles. The fraction of sp³-hybridized carbons (Fsp3) is 0.0714. The summed E-state index contributed by atoms with van der Waals surface area (Å²) in [5.41, 5.74) is 0.817. The van der Waals surface area contributed by atoms with Crippen LogP contribution in [-0.4, -0.2) is 4.98 Å². The molecule has 0 atom stereocenters. The fourth-order valence-electron chi connectivity index (χ4n) is 1.63. The van der Waals surface area contributed by atoms with E-state index in [4.69, 9.17) is 32.4 Å². The molecular formula is C14H9Cl2NO2S. The van der Waals surface area contributed by atoms with Crippen LogP contribution in [0, 0.1) is 0 Å². The Morgan fingerprint density at radius 3 is 2.90 bits per heavy atom. The lowest BCUT2D eigenvalue weighted by atomic mass is 10.3. The molecule has 2 heterocycles. The molecule has 0 N–H and O–H groups in total. The maximum absolute atomic E-state index is 6.06. The van der Waals surface area contributed by atoms with Gasteiger partial charge in [-0.3, -0.25) is 0 Å². The Kier molecular flexibility index (Phi) is 3.96. The first-order valence-electron chi connectivity index (χ1n) is 5.79. The number of thiazole rings is 1. The molecule has 102 valence electrons. The minimum Gasteiger partial charge on any atom is -0.486 e. The Morgan fingerprint density at radius 1 is 1.20 bits per heavy atom. The van der Waals surface area contributed by atoms with E-state index in [1.165, 1.54) is 11.3 Å². The second-order valence-corrected chi connectivity index (χ2v) is 5.61. The standard InChI is InChI=1S/C14H9Cl2NO2S/c15-10-3-1-4-11(13(10)16)19-7-9-8-20-14(17-9)12-5-2-6-18-12/h1-6,8H,7H2. The van der Waals surface area contributed by atoms with Crippen molar-refractivity contribution in [3.8, 4) is 16.5 Å². The van der Waals surface area contributed by atoms with Gasteiger partial charge in [0.1, 0.15) is 17.4 Å². The van der Waals surface area contributed by atoms with Crippen molar-refractivity contribution in [2.24, 2.45) is 0 Å². The van der Waals surface area contributed by atoms with Crippen molar-refractivity contribution in [1.29, 1.82) is 0 Å². The first kappa shape index (κ1) is 13.5. The van der Waals surface area contributed by atoms with Gasteiger partial charge in [0.15, 0.2) is 10.8 Å². The van der Waals surface area contributed by atoms with Crippen LogP contribution in [0.4, 0.5) is 0 Å². The van der Waals surface area contributed by atoms with Crippen LogP contribution in [0.2, 0.25) is 10.0 Å². The number of halogens is 2. The van der Waals surface area contributed by atoms with E-state index in [1.54, 1.807) is 24.5 Å². The van der Waals surface area contributed by atoms with Gasteiger partial charge in [-0.2, -0.15) is 0 Å². The molecule has 3 aromatic rings. The lowest BCUT2D eigenvalue weighted by Gasteiger charge is -2.06. The predicted molar refractivity (Wildman–Crippen MR) is 80.6 cm³/mol. The number of benzene rings is 1. The van der Waals surface area contributed by atoms with Crippen LogP contribution in [0.5, 0.6) is 5.75 Å². The van der Waals surface area contributed by atoms with Crippen LogP contribution >= 0.6 is 34.5 Å². The number of furan rings is 1. The molecule has 0 amide bonds. The van der Waals surface area contributed by atoms with E-state index >= 15 is 0 Å². The van der Waals surface area contributed by atoms with Gasteiger partial charge in [0.05, 0.1) is 17.0 Å². The zero-order valence-electron chi connectivity index (χ0n) is 10.2. The molecule has 0 saturated carbocycles. The van der Waals surface area contributed by atoms with Crippen LogP contribution in [0.15, 0.2) is 46.4 Å². The Bertz CT molecular complexity index is 710. The lowest BCUT2D eigenvalue weighted by molar-refractivity contribution is 0.302. The molecule has 6 heteroatoms. The lowest BCUT2D eigenvalue weighted by Crippen LogP contribution is -1.96. The summed E-state index contributed by atoms with van der Waals surface area (Å²) in [6, 6.07) is 8.98. The van der Waals surface area contributed by atoms with Crippen LogP contribution < -0.4 is 4.74 Å². The molecule has 20 heavy (non-hydrogen) atoms. The van der Waals surface area contributed by atoms with E-state index in [1.807, 2.05) is 17.5 Å². The first-order valence-corrected chi connectivity index (χ1v) is 7.42. The number of nitrogens with zero attached hydrogens (tertiary/aromatic N) is 1. The molecule has 0 radical (unpaired) electrons. The summed E-state index contributed by atoms with van der Waals surface area (Å²) in [7, 11) is 0. The monoisotopic (exact) mass is 325 g/mol. The minimum absolute atomic E-state index is 0.331. The summed E-state index contributed by atoms with van der Waals surface area (Å²) in [6.45, 7) is 0.331. The maximum Gasteiger partial charge on any atom is 0.162 e. The number of aromatic nitrogens is 1. The van der Waals surface area contributed by atoms with Crippen molar-refractivity contribution in [3.05, 3.63) is 57.7 Å². The number of hydrogen-bond donors (Lipinski definition) is 0. The molecule has 0 unspecified atom stereocenters. The minimum atomic E-state index is 0.331. The van der Waals surface area contributed by atoms with E-state index in [0.717, 1.165) is 16.5 Å². The molecule has 0 aliphatic rings. The van der Waals surface area contributed by atoms with Crippen LogP contribution in [0.1, 0.15) is 5.69 Å². The second-order valence-electron chi connectivity index (χ2n) is 3.96. The summed E-state index contributed by atoms with van der Waals surface area (Å²) >= 11 is 13.5. The summed E-state index contributed by atoms with van der Waals surface area (Å²) in [6.07, 6.45) is 1.62. The van der Waals surface area contributed by atoms with E-state index in [-0.39, 0.29) is 0 Å². The third-order valence-corrected chi connectivity index (χ3v) is 4.28. The van der Waals surface area contributed by atoms with Gasteiger partial charge in [0.2, 0.25) is 0 Å². The Labute approximate surface area is 129 Å². The highest BCUT2D eigenvalue weighted by atomic mass is 35.5. The average Bonchev–Trinajstić information content (AvgIpc) is 3.10. The van der Waals surface area contributed by atoms with E-state index in [9.17, 15) is 0 Å². The second kappa shape index (κ2) is 5.87. The van der Waals surface area contributed by atoms with E-state index in [2.05, 4.69) is 4.98 Å². The van der Waals surface area contributed by atoms with Crippen molar-refractivity contribution in [2.45, 2.75) is 6.61 Å². The third-order valence-electron chi connectivity index (χ3n) is 2.58. The molecule has 0 spiro atoms. The van der Waals surface area contributed by atoms with Gasteiger partial charge in [0.25, 0.3) is 0 Å². The van der Waals surface area contributed by atoms with Gasteiger partial charge >= 0.3 is 0 Å². The zero-order valence-corrected chi connectivity index (χ0v) is 12.5. The van der Waals surface area contributed by atoms with Gasteiger partial charge in [-0.25, -0.2) is 4.98 Å². The van der Waals surface area contributed by atoms with Gasteiger partial charge in [-0.15, -0.1) is 11.3 Å². The Balaban J connectivity index is 1.71. The average molecular weight is 326 g/mol. The number of rotatable bonds is 4. The van der Waals surface area contributed by atoms with Crippen molar-refractivity contribution in [2.75, 3.05) is 0 Å². The number of hydrogen-bond acceptors (Lipinski definition) is 4. The van der Waals surface area contributed by atoms with Gasteiger partial charge < -0.3 is 9.15 Å². The summed E-state index contributed by atoms with van der Waals surface area (Å²) < 4.78 is 10.9. The van der Waals surface area contributed by atoms with Gasteiger partial charge in [-0.1, -0.05) is 29.3 Å². The molecule has 0 aliphatic carbocycles. The van der Waals surface area contributed by atoms with Crippen molar-refractivity contribution in [1.82, 2.24) is 4.98 Å². The van der Waals surface area contributed by atoms with E-state index in [0.29, 0.717) is 22.4 Å². The van der Waals surface area contributed by atoms with Gasteiger partial charge in [-0.05, 0) is 24.3 Å². The zero-order chi connectivity index (χ0) is 13.9. The highest BCUT2D eigenvalue weighted by Crippen LogP contribution is 2.32. The van der Waals surface area contributed by atoms with Crippen molar-refractivity contribution >= 4 is 34.5 Å². The molecule has 0 bridgehead atoms. The molecule has 0 fully saturated rings.